The Kier molecular flexibility index (Phi) is 4.76. The van der Waals surface area contributed by atoms with Gasteiger partial charge in [-0.05, 0) is 18.2 Å². The van der Waals surface area contributed by atoms with Crippen LogP contribution in [0.2, 0.25) is 5.02 Å². The SMILES string of the molecule is COc1ccc2ncn(C)c2c1CNC(=O)c1cnc(OC)c(Cl)c1. The molecule has 0 bridgehead atoms. The van der Waals surface area contributed by atoms with Gasteiger partial charge in [0.25, 0.3) is 5.91 Å². The molecule has 0 aliphatic carbocycles. The maximum Gasteiger partial charge on any atom is 0.253 e. The van der Waals surface area contributed by atoms with Gasteiger partial charge in [0.05, 0.1) is 37.1 Å². The molecule has 3 aromatic rings. The number of hydrogen-bond acceptors (Lipinski definition) is 5. The van der Waals surface area contributed by atoms with E-state index in [1.54, 1.807) is 13.4 Å². The Morgan fingerprint density at radius 1 is 1.28 bits per heavy atom. The zero-order valence-electron chi connectivity index (χ0n) is 14.0. The summed E-state index contributed by atoms with van der Waals surface area (Å²) in [6, 6.07) is 5.24. The van der Waals surface area contributed by atoms with Crippen molar-refractivity contribution in [2.45, 2.75) is 6.54 Å². The molecule has 25 heavy (non-hydrogen) atoms. The van der Waals surface area contributed by atoms with Gasteiger partial charge in [0.2, 0.25) is 5.88 Å². The topological polar surface area (TPSA) is 78.3 Å². The van der Waals surface area contributed by atoms with E-state index in [0.29, 0.717) is 11.3 Å². The average Bonchev–Trinajstić information content (AvgIpc) is 3.00. The van der Waals surface area contributed by atoms with Gasteiger partial charge in [-0.3, -0.25) is 4.79 Å². The van der Waals surface area contributed by atoms with Gasteiger partial charge in [0.15, 0.2) is 0 Å². The molecular formula is C17H17ClN4O3. The van der Waals surface area contributed by atoms with Gasteiger partial charge in [-0.1, -0.05) is 11.6 Å². The van der Waals surface area contributed by atoms with E-state index in [0.717, 1.165) is 16.6 Å². The van der Waals surface area contributed by atoms with Crippen LogP contribution in [-0.2, 0) is 13.6 Å². The first kappa shape index (κ1) is 17.0. The van der Waals surface area contributed by atoms with Crippen LogP contribution in [0.5, 0.6) is 11.6 Å². The van der Waals surface area contributed by atoms with Crippen molar-refractivity contribution in [3.05, 3.63) is 46.9 Å². The summed E-state index contributed by atoms with van der Waals surface area (Å²) in [6.07, 6.45) is 3.14. The normalized spacial score (nSPS) is 10.7. The van der Waals surface area contributed by atoms with E-state index in [9.17, 15) is 4.79 Å². The molecule has 0 saturated heterocycles. The minimum Gasteiger partial charge on any atom is -0.496 e. The number of imidazole rings is 1. The molecule has 2 aromatic heterocycles. The second kappa shape index (κ2) is 6.98. The Hall–Kier alpha value is -2.80. The third kappa shape index (κ3) is 3.23. The smallest absolute Gasteiger partial charge is 0.253 e. The number of nitrogens with zero attached hydrogens (tertiary/aromatic N) is 3. The van der Waals surface area contributed by atoms with Gasteiger partial charge in [-0.15, -0.1) is 0 Å². The zero-order chi connectivity index (χ0) is 18.0. The fraction of sp³-hybridized carbons (Fsp3) is 0.235. The summed E-state index contributed by atoms with van der Waals surface area (Å²) in [5.41, 5.74) is 2.94. The number of pyridine rings is 1. The van der Waals surface area contributed by atoms with E-state index in [4.69, 9.17) is 21.1 Å². The molecule has 7 nitrogen and oxygen atoms in total. The molecule has 0 saturated carbocycles. The minimum atomic E-state index is -0.293. The van der Waals surface area contributed by atoms with Gasteiger partial charge in [-0.2, -0.15) is 0 Å². The van der Waals surface area contributed by atoms with E-state index < -0.39 is 0 Å². The number of rotatable bonds is 5. The van der Waals surface area contributed by atoms with Crippen molar-refractivity contribution in [2.24, 2.45) is 7.05 Å². The predicted octanol–water partition coefficient (Wildman–Crippen LogP) is 2.57. The molecule has 0 aliphatic heterocycles. The molecule has 3 rings (SSSR count). The number of halogens is 1. The highest BCUT2D eigenvalue weighted by atomic mass is 35.5. The Balaban J connectivity index is 1.86. The first-order valence-electron chi connectivity index (χ1n) is 7.49. The predicted molar refractivity (Wildman–Crippen MR) is 94.2 cm³/mol. The lowest BCUT2D eigenvalue weighted by Gasteiger charge is -2.12. The maximum absolute atomic E-state index is 12.4. The highest BCUT2D eigenvalue weighted by molar-refractivity contribution is 6.32. The van der Waals surface area contributed by atoms with E-state index in [2.05, 4.69) is 15.3 Å². The fourth-order valence-corrected chi connectivity index (χ4v) is 2.89. The molecule has 1 aromatic carbocycles. The van der Waals surface area contributed by atoms with Crippen molar-refractivity contribution in [2.75, 3.05) is 14.2 Å². The lowest BCUT2D eigenvalue weighted by Crippen LogP contribution is -2.23. The van der Waals surface area contributed by atoms with Crippen molar-refractivity contribution in [1.29, 1.82) is 0 Å². The molecule has 8 heteroatoms. The molecule has 0 aliphatic rings. The number of carbonyl (C=O) groups is 1. The summed E-state index contributed by atoms with van der Waals surface area (Å²) in [4.78, 5) is 20.7. The molecule has 0 fully saturated rings. The van der Waals surface area contributed by atoms with E-state index in [1.165, 1.54) is 19.4 Å². The number of hydrogen-bond donors (Lipinski definition) is 1. The largest absolute Gasteiger partial charge is 0.496 e. The van der Waals surface area contributed by atoms with Gasteiger partial charge < -0.3 is 19.4 Å². The average molecular weight is 361 g/mol. The van der Waals surface area contributed by atoms with Crippen molar-refractivity contribution in [3.8, 4) is 11.6 Å². The monoisotopic (exact) mass is 360 g/mol. The van der Waals surface area contributed by atoms with Crippen LogP contribution in [0.15, 0.2) is 30.7 Å². The lowest BCUT2D eigenvalue weighted by molar-refractivity contribution is 0.0950. The molecule has 0 spiro atoms. The third-order valence-corrected chi connectivity index (χ3v) is 4.12. The lowest BCUT2D eigenvalue weighted by atomic mass is 10.1. The summed E-state index contributed by atoms with van der Waals surface area (Å²) < 4.78 is 12.3. The van der Waals surface area contributed by atoms with Gasteiger partial charge in [0, 0.05) is 25.4 Å². The summed E-state index contributed by atoms with van der Waals surface area (Å²) in [7, 11) is 4.96. The van der Waals surface area contributed by atoms with Crippen LogP contribution in [0.1, 0.15) is 15.9 Å². The quantitative estimate of drug-likeness (QED) is 0.756. The Bertz CT molecular complexity index is 939. The van der Waals surface area contributed by atoms with Crippen molar-refractivity contribution in [1.82, 2.24) is 19.9 Å². The number of aromatic nitrogens is 3. The van der Waals surface area contributed by atoms with Crippen LogP contribution in [0.4, 0.5) is 0 Å². The Morgan fingerprint density at radius 2 is 2.08 bits per heavy atom. The standard InChI is InChI=1S/C17H17ClN4O3/c1-22-9-21-13-4-5-14(24-2)11(15(13)22)8-19-16(23)10-6-12(18)17(25-3)20-7-10/h4-7,9H,8H2,1-3H3,(H,19,23). The number of benzene rings is 1. The molecule has 1 amide bonds. The number of amides is 1. The first-order chi connectivity index (χ1) is 12.0. The number of fused-ring (bicyclic) bond motifs is 1. The van der Waals surface area contributed by atoms with Gasteiger partial charge in [-0.25, -0.2) is 9.97 Å². The molecular weight excluding hydrogens is 344 g/mol. The summed E-state index contributed by atoms with van der Waals surface area (Å²) in [6.45, 7) is 0.280. The van der Waals surface area contributed by atoms with Crippen molar-refractivity contribution < 1.29 is 14.3 Å². The van der Waals surface area contributed by atoms with Crippen LogP contribution in [0, 0.1) is 0 Å². The number of ether oxygens (including phenoxy) is 2. The number of aryl methyl sites for hydroxylation is 1. The molecule has 130 valence electrons. The van der Waals surface area contributed by atoms with E-state index in [1.807, 2.05) is 23.7 Å². The van der Waals surface area contributed by atoms with Crippen LogP contribution in [-0.4, -0.2) is 34.7 Å². The first-order valence-corrected chi connectivity index (χ1v) is 7.87. The Morgan fingerprint density at radius 3 is 2.76 bits per heavy atom. The second-order valence-corrected chi connectivity index (χ2v) is 5.77. The van der Waals surface area contributed by atoms with E-state index in [-0.39, 0.29) is 23.4 Å². The Labute approximate surface area is 149 Å². The molecule has 0 unspecified atom stereocenters. The van der Waals surface area contributed by atoms with Gasteiger partial charge >= 0.3 is 0 Å². The number of methoxy groups -OCH3 is 2. The molecule has 2 heterocycles. The van der Waals surface area contributed by atoms with Crippen molar-refractivity contribution >= 4 is 28.5 Å². The third-order valence-electron chi connectivity index (χ3n) is 3.85. The number of nitrogens with one attached hydrogen (secondary N) is 1. The highest BCUT2D eigenvalue weighted by Crippen LogP contribution is 2.27. The van der Waals surface area contributed by atoms with Crippen LogP contribution in [0.25, 0.3) is 11.0 Å². The van der Waals surface area contributed by atoms with Crippen LogP contribution < -0.4 is 14.8 Å². The molecule has 1 N–H and O–H groups in total. The second-order valence-electron chi connectivity index (χ2n) is 5.37. The van der Waals surface area contributed by atoms with Crippen LogP contribution in [0.3, 0.4) is 0 Å². The minimum absolute atomic E-state index is 0.277. The summed E-state index contributed by atoms with van der Waals surface area (Å²) >= 11 is 6.02. The zero-order valence-corrected chi connectivity index (χ0v) is 14.8. The highest BCUT2D eigenvalue weighted by Gasteiger charge is 2.15. The summed E-state index contributed by atoms with van der Waals surface area (Å²) in [5.74, 6) is 0.667. The van der Waals surface area contributed by atoms with E-state index >= 15 is 0 Å². The van der Waals surface area contributed by atoms with Gasteiger partial charge in [0.1, 0.15) is 10.8 Å². The molecule has 0 atom stereocenters. The maximum atomic E-state index is 12.4. The molecule has 0 radical (unpaired) electrons. The van der Waals surface area contributed by atoms with Crippen molar-refractivity contribution in [3.63, 3.8) is 0 Å². The number of carbonyl (C=O) groups excluding carboxylic acids is 1. The van der Waals surface area contributed by atoms with Crippen LogP contribution >= 0.6 is 11.6 Å². The summed E-state index contributed by atoms with van der Waals surface area (Å²) in [5, 5.41) is 3.14. The fourth-order valence-electron chi connectivity index (χ4n) is 2.64.